The summed E-state index contributed by atoms with van der Waals surface area (Å²) in [4.78, 5) is 20.9. The normalized spacial score (nSPS) is 28.7. The molecule has 7 heteroatoms. The van der Waals surface area contributed by atoms with Crippen LogP contribution in [-0.4, -0.2) is 29.2 Å². The summed E-state index contributed by atoms with van der Waals surface area (Å²) in [5.41, 5.74) is 0. The first-order valence-electron chi connectivity index (χ1n) is 3.42. The summed E-state index contributed by atoms with van der Waals surface area (Å²) < 4.78 is 35.9. The fourth-order valence-electron chi connectivity index (χ4n) is 1.10. The van der Waals surface area contributed by atoms with E-state index in [1.54, 1.807) is 5.32 Å². The van der Waals surface area contributed by atoms with Crippen LogP contribution in [0.2, 0.25) is 0 Å². The van der Waals surface area contributed by atoms with Gasteiger partial charge in [-0.05, 0) is 6.42 Å². The van der Waals surface area contributed by atoms with Crippen molar-refractivity contribution in [3.8, 4) is 0 Å². The van der Waals surface area contributed by atoms with Gasteiger partial charge < -0.3 is 10.4 Å². The summed E-state index contributed by atoms with van der Waals surface area (Å²) in [6.07, 6.45) is -5.29. The Morgan fingerprint density at radius 2 is 2.08 bits per heavy atom. The van der Waals surface area contributed by atoms with Crippen molar-refractivity contribution < 1.29 is 27.9 Å². The first kappa shape index (κ1) is 9.82. The maximum Gasteiger partial charge on any atom is 0.408 e. The van der Waals surface area contributed by atoms with Crippen LogP contribution in [0.1, 0.15) is 6.42 Å². The number of nitrogens with one attached hydrogen (secondary N) is 1. The van der Waals surface area contributed by atoms with E-state index in [0.717, 1.165) is 0 Å². The van der Waals surface area contributed by atoms with E-state index in [-0.39, 0.29) is 0 Å². The lowest BCUT2D eigenvalue weighted by Crippen LogP contribution is -2.38. The Bertz CT molecular complexity index is 250. The number of aliphatic carboxylic acids is 1. The third-order valence-electron chi connectivity index (χ3n) is 1.80. The number of alkyl halides is 3. The van der Waals surface area contributed by atoms with Crippen LogP contribution in [0.5, 0.6) is 0 Å². The highest BCUT2D eigenvalue weighted by Crippen LogP contribution is 2.29. The molecule has 0 saturated carbocycles. The Hall–Kier alpha value is -1.27. The van der Waals surface area contributed by atoms with Gasteiger partial charge in [-0.25, -0.2) is 0 Å². The Kier molecular flexibility index (Phi) is 2.19. The van der Waals surface area contributed by atoms with Crippen LogP contribution in [0.25, 0.3) is 0 Å². The molecule has 0 aromatic carbocycles. The molecule has 0 bridgehead atoms. The second-order valence-corrected chi connectivity index (χ2v) is 2.73. The molecule has 2 N–H and O–H groups in total. The molecule has 2 unspecified atom stereocenters. The molecule has 0 spiro atoms. The number of hydrogen-bond donors (Lipinski definition) is 2. The summed E-state index contributed by atoms with van der Waals surface area (Å²) in [5, 5.41) is 9.92. The van der Waals surface area contributed by atoms with E-state index in [4.69, 9.17) is 5.11 Å². The number of carbonyl (C=O) groups excluding carboxylic acids is 1. The highest BCUT2D eigenvalue weighted by Gasteiger charge is 2.49. The number of amides is 1. The van der Waals surface area contributed by atoms with E-state index in [1.165, 1.54) is 0 Å². The third-order valence-corrected chi connectivity index (χ3v) is 1.80. The lowest BCUT2D eigenvalue weighted by Gasteiger charge is -2.13. The molecule has 74 valence electrons. The molecule has 1 heterocycles. The Morgan fingerprint density at radius 3 is 2.31 bits per heavy atom. The standard InChI is InChI=1S/C6H6F3NO3/c7-6(8,9)3-1-2(5(12)13)4(11)10-3/h2-3H,1H2,(H,10,11)(H,12,13). The monoisotopic (exact) mass is 197 g/mol. The van der Waals surface area contributed by atoms with Gasteiger partial charge in [0, 0.05) is 0 Å². The van der Waals surface area contributed by atoms with E-state index in [0.29, 0.717) is 0 Å². The number of halogens is 3. The number of hydrogen-bond acceptors (Lipinski definition) is 2. The largest absolute Gasteiger partial charge is 0.481 e. The fourth-order valence-corrected chi connectivity index (χ4v) is 1.10. The molecule has 2 atom stereocenters. The molecule has 0 aliphatic carbocycles. The first-order chi connectivity index (χ1) is 5.82. The molecule has 1 fully saturated rings. The average molecular weight is 197 g/mol. The zero-order valence-electron chi connectivity index (χ0n) is 6.26. The van der Waals surface area contributed by atoms with Gasteiger partial charge in [0.1, 0.15) is 12.0 Å². The fraction of sp³-hybridized carbons (Fsp3) is 0.667. The molecule has 0 aromatic rings. The van der Waals surface area contributed by atoms with Crippen molar-refractivity contribution in [1.82, 2.24) is 5.32 Å². The number of carboxylic acid groups (broad SMARTS) is 1. The maximum atomic E-state index is 12.0. The van der Waals surface area contributed by atoms with Crippen LogP contribution in [0, 0.1) is 5.92 Å². The SMILES string of the molecule is O=C(O)C1CC(C(F)(F)F)NC1=O. The smallest absolute Gasteiger partial charge is 0.408 e. The van der Waals surface area contributed by atoms with E-state index in [2.05, 4.69) is 0 Å². The minimum Gasteiger partial charge on any atom is -0.481 e. The van der Waals surface area contributed by atoms with Crippen LogP contribution >= 0.6 is 0 Å². The highest BCUT2D eigenvalue weighted by molar-refractivity contribution is 5.98. The highest BCUT2D eigenvalue weighted by atomic mass is 19.4. The predicted octanol–water partition coefficient (Wildman–Crippen LogP) is 0.138. The Morgan fingerprint density at radius 1 is 1.54 bits per heavy atom. The molecule has 1 aliphatic rings. The van der Waals surface area contributed by atoms with Crippen molar-refractivity contribution in [3.63, 3.8) is 0 Å². The van der Waals surface area contributed by atoms with E-state index >= 15 is 0 Å². The topological polar surface area (TPSA) is 66.4 Å². The van der Waals surface area contributed by atoms with E-state index in [9.17, 15) is 22.8 Å². The number of rotatable bonds is 1. The molecule has 0 radical (unpaired) electrons. The van der Waals surface area contributed by atoms with Crippen molar-refractivity contribution in [1.29, 1.82) is 0 Å². The first-order valence-corrected chi connectivity index (χ1v) is 3.42. The molecule has 1 saturated heterocycles. The second kappa shape index (κ2) is 2.90. The summed E-state index contributed by atoms with van der Waals surface area (Å²) in [6.45, 7) is 0. The molecular weight excluding hydrogens is 191 g/mol. The minimum atomic E-state index is -4.57. The number of carbonyl (C=O) groups is 2. The van der Waals surface area contributed by atoms with Gasteiger partial charge in [-0.1, -0.05) is 0 Å². The second-order valence-electron chi connectivity index (χ2n) is 2.73. The van der Waals surface area contributed by atoms with Crippen molar-refractivity contribution >= 4 is 11.9 Å². The van der Waals surface area contributed by atoms with Crippen LogP contribution in [0.4, 0.5) is 13.2 Å². The summed E-state index contributed by atoms with van der Waals surface area (Å²) in [7, 11) is 0. The van der Waals surface area contributed by atoms with Crippen LogP contribution in [0.3, 0.4) is 0 Å². The Labute approximate surface area is 70.7 Å². The van der Waals surface area contributed by atoms with Crippen molar-refractivity contribution in [2.75, 3.05) is 0 Å². The van der Waals surface area contributed by atoms with Gasteiger partial charge in [0.25, 0.3) is 0 Å². The van der Waals surface area contributed by atoms with Gasteiger partial charge in [-0.3, -0.25) is 9.59 Å². The van der Waals surface area contributed by atoms with Crippen LogP contribution in [0.15, 0.2) is 0 Å². The summed E-state index contributed by atoms with van der Waals surface area (Å²) in [6, 6.07) is -2.03. The summed E-state index contributed by atoms with van der Waals surface area (Å²) >= 11 is 0. The van der Waals surface area contributed by atoms with Gasteiger partial charge in [-0.15, -0.1) is 0 Å². The average Bonchev–Trinajstić information content (AvgIpc) is 2.29. The summed E-state index contributed by atoms with van der Waals surface area (Å²) in [5.74, 6) is -4.18. The zero-order valence-corrected chi connectivity index (χ0v) is 6.26. The van der Waals surface area contributed by atoms with Gasteiger partial charge in [-0.2, -0.15) is 13.2 Å². The van der Waals surface area contributed by atoms with E-state index < -0.39 is 36.4 Å². The molecule has 0 aromatic heterocycles. The third kappa shape index (κ3) is 1.90. The van der Waals surface area contributed by atoms with Gasteiger partial charge >= 0.3 is 12.1 Å². The van der Waals surface area contributed by atoms with Crippen molar-refractivity contribution in [3.05, 3.63) is 0 Å². The predicted molar refractivity (Wildman–Crippen MR) is 33.7 cm³/mol. The van der Waals surface area contributed by atoms with Crippen LogP contribution < -0.4 is 5.32 Å². The molecule has 1 amide bonds. The lowest BCUT2D eigenvalue weighted by molar-refractivity contribution is -0.155. The van der Waals surface area contributed by atoms with Gasteiger partial charge in [0.15, 0.2) is 0 Å². The van der Waals surface area contributed by atoms with Gasteiger partial charge in [0.05, 0.1) is 0 Å². The molecule has 13 heavy (non-hydrogen) atoms. The molecule has 1 rings (SSSR count). The number of carboxylic acids is 1. The lowest BCUT2D eigenvalue weighted by atomic mass is 10.1. The maximum absolute atomic E-state index is 12.0. The van der Waals surface area contributed by atoms with E-state index in [1.807, 2.05) is 0 Å². The van der Waals surface area contributed by atoms with Gasteiger partial charge in [0.2, 0.25) is 5.91 Å². The molecule has 4 nitrogen and oxygen atoms in total. The zero-order chi connectivity index (χ0) is 10.2. The molecular formula is C6H6F3NO3. The quantitative estimate of drug-likeness (QED) is 0.587. The minimum absolute atomic E-state index is 0.725. The van der Waals surface area contributed by atoms with Crippen molar-refractivity contribution in [2.45, 2.75) is 18.6 Å². The van der Waals surface area contributed by atoms with Crippen molar-refractivity contribution in [2.24, 2.45) is 5.92 Å². The van der Waals surface area contributed by atoms with Crippen LogP contribution in [-0.2, 0) is 9.59 Å². The molecule has 1 aliphatic heterocycles. The Balaban J connectivity index is 2.71.